The lowest BCUT2D eigenvalue weighted by atomic mass is 10.2. The van der Waals surface area contributed by atoms with Gasteiger partial charge in [0, 0.05) is 24.3 Å². The molecule has 0 aromatic heterocycles. The first-order chi connectivity index (χ1) is 6.68. The molecule has 1 heterocycles. The van der Waals surface area contributed by atoms with E-state index in [0.29, 0.717) is 5.69 Å². The van der Waals surface area contributed by atoms with Gasteiger partial charge >= 0.3 is 0 Å². The number of hydrogen-bond acceptors (Lipinski definition) is 1. The van der Waals surface area contributed by atoms with Crippen LogP contribution in [-0.2, 0) is 0 Å². The first-order valence-electron chi connectivity index (χ1n) is 4.89. The van der Waals surface area contributed by atoms with E-state index in [1.807, 2.05) is 4.90 Å². The summed E-state index contributed by atoms with van der Waals surface area (Å²) in [7, 11) is 0. The van der Waals surface area contributed by atoms with E-state index < -0.39 is 11.6 Å². The van der Waals surface area contributed by atoms with Gasteiger partial charge in [0.15, 0.2) is 0 Å². The molecule has 14 heavy (non-hydrogen) atoms. The average molecular weight is 197 g/mol. The number of nitrogens with zero attached hydrogens (tertiary/aromatic N) is 1. The van der Waals surface area contributed by atoms with Gasteiger partial charge in [-0.25, -0.2) is 8.78 Å². The van der Waals surface area contributed by atoms with Crippen molar-refractivity contribution in [1.29, 1.82) is 0 Å². The lowest BCUT2D eigenvalue weighted by molar-refractivity contribution is 0.567. The fourth-order valence-corrected chi connectivity index (χ4v) is 1.79. The summed E-state index contributed by atoms with van der Waals surface area (Å²) in [5.41, 5.74) is 0.774. The van der Waals surface area contributed by atoms with E-state index >= 15 is 0 Å². The zero-order chi connectivity index (χ0) is 10.1. The SMILES string of the molecule is Cc1c(F)cc(N2CCCC2)cc1F. The zero-order valence-corrected chi connectivity index (χ0v) is 8.19. The van der Waals surface area contributed by atoms with Crippen LogP contribution in [0.25, 0.3) is 0 Å². The summed E-state index contributed by atoms with van der Waals surface area (Å²) in [4.78, 5) is 2.02. The van der Waals surface area contributed by atoms with E-state index in [1.54, 1.807) is 0 Å². The first kappa shape index (κ1) is 9.44. The molecule has 1 aliphatic heterocycles. The molecule has 76 valence electrons. The molecule has 0 bridgehead atoms. The van der Waals surface area contributed by atoms with Crippen molar-refractivity contribution in [2.75, 3.05) is 18.0 Å². The Kier molecular flexibility index (Phi) is 2.40. The van der Waals surface area contributed by atoms with Gasteiger partial charge < -0.3 is 4.90 Å². The van der Waals surface area contributed by atoms with Gasteiger partial charge in [0.2, 0.25) is 0 Å². The molecule has 1 aromatic rings. The molecule has 0 radical (unpaired) electrons. The summed E-state index contributed by atoms with van der Waals surface area (Å²) in [5, 5.41) is 0. The monoisotopic (exact) mass is 197 g/mol. The molecule has 2 rings (SSSR count). The van der Waals surface area contributed by atoms with Crippen LogP contribution in [0.2, 0.25) is 0 Å². The van der Waals surface area contributed by atoms with Crippen LogP contribution in [0.3, 0.4) is 0 Å². The van der Waals surface area contributed by atoms with Crippen LogP contribution < -0.4 is 4.90 Å². The standard InChI is InChI=1S/C11H13F2N/c1-8-10(12)6-9(7-11(8)13)14-4-2-3-5-14/h6-7H,2-5H2,1H3. The van der Waals surface area contributed by atoms with Crippen molar-refractivity contribution in [1.82, 2.24) is 0 Å². The lowest BCUT2D eigenvalue weighted by Crippen LogP contribution is -2.18. The first-order valence-corrected chi connectivity index (χ1v) is 4.89. The summed E-state index contributed by atoms with van der Waals surface area (Å²) in [6.07, 6.45) is 2.22. The maximum Gasteiger partial charge on any atom is 0.131 e. The highest BCUT2D eigenvalue weighted by Crippen LogP contribution is 2.24. The minimum Gasteiger partial charge on any atom is -0.371 e. The highest BCUT2D eigenvalue weighted by Gasteiger charge is 2.15. The van der Waals surface area contributed by atoms with Gasteiger partial charge in [0.1, 0.15) is 11.6 Å². The molecule has 0 atom stereocenters. The second-order valence-electron chi connectivity index (χ2n) is 3.73. The summed E-state index contributed by atoms with van der Waals surface area (Å²) in [6, 6.07) is 2.84. The Morgan fingerprint density at radius 3 is 2.07 bits per heavy atom. The maximum absolute atomic E-state index is 13.2. The molecule has 0 aliphatic carbocycles. The van der Waals surface area contributed by atoms with Crippen LogP contribution in [-0.4, -0.2) is 13.1 Å². The smallest absolute Gasteiger partial charge is 0.131 e. The quantitative estimate of drug-likeness (QED) is 0.669. The van der Waals surface area contributed by atoms with Gasteiger partial charge in [-0.15, -0.1) is 0 Å². The van der Waals surface area contributed by atoms with E-state index in [1.165, 1.54) is 19.1 Å². The molecule has 1 saturated heterocycles. The molecule has 0 spiro atoms. The zero-order valence-electron chi connectivity index (χ0n) is 8.19. The Hall–Kier alpha value is -1.12. The lowest BCUT2D eigenvalue weighted by Gasteiger charge is -2.18. The number of benzene rings is 1. The minimum atomic E-state index is -0.452. The summed E-state index contributed by atoms with van der Waals surface area (Å²) < 4.78 is 26.5. The summed E-state index contributed by atoms with van der Waals surface area (Å²) in [5.74, 6) is -0.904. The van der Waals surface area contributed by atoms with Crippen molar-refractivity contribution in [2.45, 2.75) is 19.8 Å². The minimum absolute atomic E-state index is 0.105. The highest BCUT2D eigenvalue weighted by molar-refractivity contribution is 5.49. The molecule has 3 heteroatoms. The van der Waals surface area contributed by atoms with Crippen LogP contribution in [0.4, 0.5) is 14.5 Å². The summed E-state index contributed by atoms with van der Waals surface area (Å²) >= 11 is 0. The Bertz CT molecular complexity index is 320. The molecule has 0 N–H and O–H groups in total. The van der Waals surface area contributed by atoms with Gasteiger partial charge in [-0.1, -0.05) is 0 Å². The fraction of sp³-hybridized carbons (Fsp3) is 0.455. The second kappa shape index (κ2) is 3.56. The Morgan fingerprint density at radius 1 is 1.07 bits per heavy atom. The molecule has 0 amide bonds. The highest BCUT2D eigenvalue weighted by atomic mass is 19.1. The van der Waals surface area contributed by atoms with Crippen LogP contribution in [0.1, 0.15) is 18.4 Å². The second-order valence-corrected chi connectivity index (χ2v) is 3.73. The molecule has 1 aromatic carbocycles. The van der Waals surface area contributed by atoms with Crippen molar-refractivity contribution in [2.24, 2.45) is 0 Å². The van der Waals surface area contributed by atoms with Crippen LogP contribution in [0, 0.1) is 18.6 Å². The third-order valence-corrected chi connectivity index (χ3v) is 2.74. The fourth-order valence-electron chi connectivity index (χ4n) is 1.79. The van der Waals surface area contributed by atoms with E-state index in [9.17, 15) is 8.78 Å². The van der Waals surface area contributed by atoms with Crippen molar-refractivity contribution < 1.29 is 8.78 Å². The predicted octanol–water partition coefficient (Wildman–Crippen LogP) is 2.87. The van der Waals surface area contributed by atoms with E-state index in [4.69, 9.17) is 0 Å². The van der Waals surface area contributed by atoms with E-state index in [-0.39, 0.29) is 5.56 Å². The Labute approximate surface area is 82.3 Å². The average Bonchev–Trinajstić information content (AvgIpc) is 2.66. The third kappa shape index (κ3) is 1.59. The Balaban J connectivity index is 2.34. The van der Waals surface area contributed by atoms with E-state index in [0.717, 1.165) is 25.9 Å². The van der Waals surface area contributed by atoms with Crippen LogP contribution in [0.5, 0.6) is 0 Å². The van der Waals surface area contributed by atoms with Crippen LogP contribution >= 0.6 is 0 Å². The van der Waals surface area contributed by atoms with Gasteiger partial charge in [-0.05, 0) is 31.9 Å². The van der Waals surface area contributed by atoms with E-state index in [2.05, 4.69) is 0 Å². The normalized spacial score (nSPS) is 16.4. The number of rotatable bonds is 1. The molecule has 1 aliphatic rings. The third-order valence-electron chi connectivity index (χ3n) is 2.74. The molecule has 0 unspecified atom stereocenters. The van der Waals surface area contributed by atoms with Gasteiger partial charge in [-0.2, -0.15) is 0 Å². The number of hydrogen-bond donors (Lipinski definition) is 0. The van der Waals surface area contributed by atoms with Gasteiger partial charge in [0.05, 0.1) is 0 Å². The summed E-state index contributed by atoms with van der Waals surface area (Å²) in [6.45, 7) is 3.27. The molecule has 1 nitrogen and oxygen atoms in total. The molecular formula is C11H13F2N. The predicted molar refractivity (Wildman–Crippen MR) is 52.5 cm³/mol. The van der Waals surface area contributed by atoms with Gasteiger partial charge in [-0.3, -0.25) is 0 Å². The van der Waals surface area contributed by atoms with Crippen molar-refractivity contribution in [3.05, 3.63) is 29.3 Å². The molecule has 0 saturated carbocycles. The largest absolute Gasteiger partial charge is 0.371 e. The topological polar surface area (TPSA) is 3.24 Å². The van der Waals surface area contributed by atoms with Gasteiger partial charge in [0.25, 0.3) is 0 Å². The van der Waals surface area contributed by atoms with Crippen molar-refractivity contribution in [3.8, 4) is 0 Å². The van der Waals surface area contributed by atoms with Crippen molar-refractivity contribution in [3.63, 3.8) is 0 Å². The molecular weight excluding hydrogens is 184 g/mol. The Morgan fingerprint density at radius 2 is 1.57 bits per heavy atom. The van der Waals surface area contributed by atoms with Crippen LogP contribution in [0.15, 0.2) is 12.1 Å². The van der Waals surface area contributed by atoms with Crippen molar-refractivity contribution >= 4 is 5.69 Å². The molecule has 1 fully saturated rings. The number of anilines is 1. The number of halogens is 2. The maximum atomic E-state index is 13.2.